The van der Waals surface area contributed by atoms with Crippen molar-refractivity contribution in [3.05, 3.63) is 0 Å². The Balaban J connectivity index is 1.38. The predicted octanol–water partition coefficient (Wildman–Crippen LogP) is 3.87. The summed E-state index contributed by atoms with van der Waals surface area (Å²) in [5.41, 5.74) is 0.820. The van der Waals surface area contributed by atoms with Crippen molar-refractivity contribution in [1.82, 2.24) is 5.32 Å². The summed E-state index contributed by atoms with van der Waals surface area (Å²) in [6.07, 6.45) is 13.7. The highest BCUT2D eigenvalue weighted by atomic mass is 35.5. The van der Waals surface area contributed by atoms with Crippen molar-refractivity contribution in [3.8, 4) is 0 Å². The Bertz CT molecular complexity index is 297. The fourth-order valence-electron chi connectivity index (χ4n) is 3.99. The third kappa shape index (κ3) is 3.46. The van der Waals surface area contributed by atoms with Crippen molar-refractivity contribution in [2.75, 3.05) is 19.0 Å². The van der Waals surface area contributed by atoms with Gasteiger partial charge in [-0.2, -0.15) is 0 Å². The zero-order valence-electron chi connectivity index (χ0n) is 12.1. The van der Waals surface area contributed by atoms with Crippen LogP contribution in [0.4, 0.5) is 0 Å². The Morgan fingerprint density at radius 1 is 1.05 bits per heavy atom. The number of hydrogen-bond acceptors (Lipinski definition) is 2. The first kappa shape index (κ1) is 14.2. The van der Waals surface area contributed by atoms with E-state index in [-0.39, 0.29) is 5.60 Å². The van der Waals surface area contributed by atoms with E-state index in [0.29, 0.717) is 11.5 Å². The van der Waals surface area contributed by atoms with Crippen molar-refractivity contribution in [2.45, 2.75) is 75.9 Å². The van der Waals surface area contributed by atoms with Gasteiger partial charge in [-0.15, -0.1) is 11.6 Å². The number of ether oxygens (including phenoxy) is 1. The zero-order valence-corrected chi connectivity index (χ0v) is 12.8. The van der Waals surface area contributed by atoms with Gasteiger partial charge in [0.1, 0.15) is 0 Å². The van der Waals surface area contributed by atoms with E-state index < -0.39 is 0 Å². The lowest BCUT2D eigenvalue weighted by Crippen LogP contribution is -2.36. The molecule has 0 bridgehead atoms. The van der Waals surface area contributed by atoms with E-state index in [1.54, 1.807) is 0 Å². The molecule has 1 saturated heterocycles. The molecule has 2 nitrogen and oxygen atoms in total. The Morgan fingerprint density at radius 3 is 2.53 bits per heavy atom. The van der Waals surface area contributed by atoms with Crippen LogP contribution in [0.3, 0.4) is 0 Å². The predicted molar refractivity (Wildman–Crippen MR) is 79.8 cm³/mol. The third-order valence-corrected chi connectivity index (χ3v) is 5.75. The molecule has 0 aromatic carbocycles. The molecule has 0 aromatic heterocycles. The summed E-state index contributed by atoms with van der Waals surface area (Å²) < 4.78 is 6.40. The van der Waals surface area contributed by atoms with Gasteiger partial charge in [-0.25, -0.2) is 0 Å². The van der Waals surface area contributed by atoms with Gasteiger partial charge in [-0.05, 0) is 50.4 Å². The van der Waals surface area contributed by atoms with Crippen LogP contribution in [0.25, 0.3) is 0 Å². The minimum atomic E-state index is 0.276. The SMILES string of the molecule is ClCCC1(CNCC2CCC3(CCCCC3)O2)CC1. The smallest absolute Gasteiger partial charge is 0.0708 e. The molecule has 1 aliphatic heterocycles. The van der Waals surface area contributed by atoms with Crippen molar-refractivity contribution >= 4 is 11.6 Å². The zero-order chi connectivity index (χ0) is 13.2. The molecule has 110 valence electrons. The average molecular weight is 286 g/mol. The normalized spacial score (nSPS) is 31.7. The molecule has 19 heavy (non-hydrogen) atoms. The topological polar surface area (TPSA) is 21.3 Å². The van der Waals surface area contributed by atoms with E-state index in [2.05, 4.69) is 5.32 Å². The second-order valence-corrected chi connectivity index (χ2v) is 7.47. The molecule has 0 radical (unpaired) electrons. The summed E-state index contributed by atoms with van der Waals surface area (Å²) in [4.78, 5) is 0. The number of halogens is 1. The number of hydrogen-bond donors (Lipinski definition) is 1. The quantitative estimate of drug-likeness (QED) is 0.748. The maximum atomic E-state index is 6.40. The minimum absolute atomic E-state index is 0.276. The summed E-state index contributed by atoms with van der Waals surface area (Å²) in [6.45, 7) is 2.19. The van der Waals surface area contributed by atoms with Crippen LogP contribution in [0.5, 0.6) is 0 Å². The van der Waals surface area contributed by atoms with Crippen LogP contribution in [0.1, 0.15) is 64.2 Å². The fraction of sp³-hybridized carbons (Fsp3) is 1.00. The van der Waals surface area contributed by atoms with Crippen LogP contribution in [-0.4, -0.2) is 30.7 Å². The van der Waals surface area contributed by atoms with Crippen LogP contribution in [-0.2, 0) is 4.74 Å². The Morgan fingerprint density at radius 2 is 1.84 bits per heavy atom. The van der Waals surface area contributed by atoms with Crippen molar-refractivity contribution in [1.29, 1.82) is 0 Å². The molecule has 1 spiro atoms. The molecule has 3 rings (SSSR count). The first-order chi connectivity index (χ1) is 9.26. The van der Waals surface area contributed by atoms with Gasteiger partial charge in [0, 0.05) is 19.0 Å². The Hall–Kier alpha value is 0.210. The highest BCUT2D eigenvalue weighted by Gasteiger charge is 2.43. The maximum absolute atomic E-state index is 6.40. The third-order valence-electron chi connectivity index (χ3n) is 5.56. The van der Waals surface area contributed by atoms with E-state index in [1.807, 2.05) is 0 Å². The standard InChI is InChI=1S/C16H28ClNO/c17-11-10-15(8-9-15)13-18-12-14-4-7-16(19-14)5-2-1-3-6-16/h14,18H,1-13H2. The summed E-state index contributed by atoms with van der Waals surface area (Å²) in [6, 6.07) is 0. The van der Waals surface area contributed by atoms with Crippen LogP contribution < -0.4 is 5.32 Å². The largest absolute Gasteiger partial charge is 0.370 e. The fourth-order valence-corrected chi connectivity index (χ4v) is 4.39. The molecule has 1 unspecified atom stereocenters. The summed E-state index contributed by atoms with van der Waals surface area (Å²) in [5, 5.41) is 3.65. The molecule has 3 fully saturated rings. The van der Waals surface area contributed by atoms with Crippen molar-refractivity contribution in [2.24, 2.45) is 5.41 Å². The van der Waals surface area contributed by atoms with Gasteiger partial charge in [0.25, 0.3) is 0 Å². The van der Waals surface area contributed by atoms with Gasteiger partial charge in [0.05, 0.1) is 11.7 Å². The lowest BCUT2D eigenvalue weighted by Gasteiger charge is -2.33. The summed E-state index contributed by atoms with van der Waals surface area (Å²) in [7, 11) is 0. The maximum Gasteiger partial charge on any atom is 0.0708 e. The van der Waals surface area contributed by atoms with Crippen molar-refractivity contribution < 1.29 is 4.74 Å². The number of rotatable bonds is 6. The highest BCUT2D eigenvalue weighted by molar-refractivity contribution is 6.17. The number of nitrogens with one attached hydrogen (secondary N) is 1. The van der Waals surface area contributed by atoms with E-state index in [9.17, 15) is 0 Å². The summed E-state index contributed by atoms with van der Waals surface area (Å²) in [5.74, 6) is 0.810. The first-order valence-corrected chi connectivity index (χ1v) is 8.74. The molecule has 3 aliphatic rings. The van der Waals surface area contributed by atoms with Crippen LogP contribution in [0.2, 0.25) is 0 Å². The second kappa shape index (κ2) is 5.91. The van der Waals surface area contributed by atoms with Crippen molar-refractivity contribution in [3.63, 3.8) is 0 Å². The molecule has 1 N–H and O–H groups in total. The molecule has 1 heterocycles. The van der Waals surface area contributed by atoms with Gasteiger partial charge in [0.15, 0.2) is 0 Å². The van der Waals surface area contributed by atoms with E-state index in [1.165, 1.54) is 64.2 Å². The highest BCUT2D eigenvalue weighted by Crippen LogP contribution is 2.48. The molecule has 2 aliphatic carbocycles. The van der Waals surface area contributed by atoms with E-state index >= 15 is 0 Å². The van der Waals surface area contributed by atoms with Crippen LogP contribution >= 0.6 is 11.6 Å². The van der Waals surface area contributed by atoms with Gasteiger partial charge < -0.3 is 10.1 Å². The molecule has 3 heteroatoms. The lowest BCUT2D eigenvalue weighted by atomic mass is 9.83. The Kier molecular flexibility index (Phi) is 4.40. The first-order valence-electron chi connectivity index (χ1n) is 8.21. The minimum Gasteiger partial charge on any atom is -0.370 e. The van der Waals surface area contributed by atoms with Crippen LogP contribution in [0, 0.1) is 5.41 Å². The van der Waals surface area contributed by atoms with Gasteiger partial charge >= 0.3 is 0 Å². The lowest BCUT2D eigenvalue weighted by molar-refractivity contribution is -0.0625. The van der Waals surface area contributed by atoms with E-state index in [0.717, 1.165) is 19.0 Å². The molecule has 0 aromatic rings. The molecule has 0 amide bonds. The summed E-state index contributed by atoms with van der Waals surface area (Å²) >= 11 is 5.88. The average Bonchev–Trinajstić information content (AvgIpc) is 3.07. The Labute approximate surface area is 122 Å². The van der Waals surface area contributed by atoms with Gasteiger partial charge in [0.2, 0.25) is 0 Å². The van der Waals surface area contributed by atoms with Gasteiger partial charge in [-0.3, -0.25) is 0 Å². The van der Waals surface area contributed by atoms with Gasteiger partial charge in [-0.1, -0.05) is 19.3 Å². The second-order valence-electron chi connectivity index (χ2n) is 7.09. The molecule has 1 atom stereocenters. The number of alkyl halides is 1. The molecule has 2 saturated carbocycles. The molecular formula is C16H28ClNO. The van der Waals surface area contributed by atoms with Crippen LogP contribution in [0.15, 0.2) is 0 Å². The van der Waals surface area contributed by atoms with E-state index in [4.69, 9.17) is 16.3 Å². The monoisotopic (exact) mass is 285 g/mol. The molecular weight excluding hydrogens is 258 g/mol.